The van der Waals surface area contributed by atoms with E-state index in [2.05, 4.69) is 27.7 Å². The van der Waals surface area contributed by atoms with Crippen molar-refractivity contribution in [3.8, 4) is 0 Å². The van der Waals surface area contributed by atoms with Gasteiger partial charge in [-0.3, -0.25) is 4.79 Å². The van der Waals surface area contributed by atoms with Crippen LogP contribution in [0.5, 0.6) is 0 Å². The van der Waals surface area contributed by atoms with Crippen molar-refractivity contribution < 1.29 is 13.2 Å². The molecular weight excluding hydrogens is 510 g/mol. The molecule has 210 valence electrons. The molecule has 0 bridgehead atoms. The van der Waals surface area contributed by atoms with Gasteiger partial charge in [0.2, 0.25) is 10.0 Å². The van der Waals surface area contributed by atoms with Gasteiger partial charge < -0.3 is 15.5 Å². The predicted molar refractivity (Wildman–Crippen MR) is 159 cm³/mol. The highest BCUT2D eigenvalue weighted by Crippen LogP contribution is 2.29. The molecule has 0 atom stereocenters. The van der Waals surface area contributed by atoms with Crippen molar-refractivity contribution in [2.45, 2.75) is 69.4 Å². The maximum Gasteiger partial charge on any atom is 0.251 e. The Labute approximate surface area is 232 Å². The van der Waals surface area contributed by atoms with Gasteiger partial charge in [0.25, 0.3) is 5.91 Å². The molecule has 1 heterocycles. The Balaban J connectivity index is 1.33. The van der Waals surface area contributed by atoms with Crippen LogP contribution in [-0.2, 0) is 10.0 Å². The Morgan fingerprint density at radius 1 is 0.923 bits per heavy atom. The van der Waals surface area contributed by atoms with E-state index in [0.29, 0.717) is 24.7 Å². The Morgan fingerprint density at radius 2 is 1.54 bits per heavy atom. The van der Waals surface area contributed by atoms with Gasteiger partial charge in [0.1, 0.15) is 5.82 Å². The number of fused-ring (bicyclic) bond motifs is 1. The van der Waals surface area contributed by atoms with Gasteiger partial charge in [-0.1, -0.05) is 32.0 Å². The van der Waals surface area contributed by atoms with Crippen LogP contribution in [0.15, 0.2) is 59.5 Å². The summed E-state index contributed by atoms with van der Waals surface area (Å²) >= 11 is 0. The number of nitrogens with one attached hydrogen (secondary N) is 2. The van der Waals surface area contributed by atoms with Gasteiger partial charge in [0, 0.05) is 62.0 Å². The average molecular weight is 552 g/mol. The van der Waals surface area contributed by atoms with Crippen molar-refractivity contribution in [2.24, 2.45) is 0 Å². The van der Waals surface area contributed by atoms with E-state index in [4.69, 9.17) is 4.98 Å². The lowest BCUT2D eigenvalue weighted by molar-refractivity contribution is 0.0926. The highest BCUT2D eigenvalue weighted by atomic mass is 32.2. The van der Waals surface area contributed by atoms with Crippen molar-refractivity contribution >= 4 is 38.3 Å². The summed E-state index contributed by atoms with van der Waals surface area (Å²) in [5.41, 5.74) is 2.57. The summed E-state index contributed by atoms with van der Waals surface area (Å²) in [6, 6.07) is 17.0. The van der Waals surface area contributed by atoms with Crippen LogP contribution in [0, 0.1) is 0 Å². The summed E-state index contributed by atoms with van der Waals surface area (Å²) in [5.74, 6) is 0.706. The van der Waals surface area contributed by atoms with Crippen molar-refractivity contribution in [2.75, 3.05) is 37.4 Å². The molecule has 0 spiro atoms. The fourth-order valence-electron chi connectivity index (χ4n) is 5.24. The van der Waals surface area contributed by atoms with Crippen molar-refractivity contribution in [1.29, 1.82) is 0 Å². The molecule has 0 unspecified atom stereocenters. The van der Waals surface area contributed by atoms with Crippen LogP contribution in [0.1, 0.15) is 62.7 Å². The van der Waals surface area contributed by atoms with Crippen molar-refractivity contribution in [1.82, 2.24) is 14.6 Å². The fourth-order valence-corrected chi connectivity index (χ4v) is 6.86. The first kappa shape index (κ1) is 28.8. The Hall–Kier alpha value is -3.17. The van der Waals surface area contributed by atoms with E-state index in [1.54, 1.807) is 24.3 Å². The molecule has 4 rings (SSSR count). The van der Waals surface area contributed by atoms with E-state index in [-0.39, 0.29) is 16.8 Å². The maximum atomic E-state index is 13.0. The lowest BCUT2D eigenvalue weighted by atomic mass is 9.91. The molecule has 9 heteroatoms. The number of hydrogen-bond donors (Lipinski definition) is 2. The molecule has 2 aromatic carbocycles. The van der Waals surface area contributed by atoms with Crippen LogP contribution in [0.4, 0.5) is 11.5 Å². The highest BCUT2D eigenvalue weighted by Gasteiger charge is 2.25. The molecular formula is C30H41N5O3S. The molecule has 0 saturated heterocycles. The first-order valence-corrected chi connectivity index (χ1v) is 15.4. The lowest BCUT2D eigenvalue weighted by Crippen LogP contribution is -2.40. The number of rotatable bonds is 11. The molecule has 2 N–H and O–H groups in total. The summed E-state index contributed by atoms with van der Waals surface area (Å²) < 4.78 is 27.5. The van der Waals surface area contributed by atoms with E-state index >= 15 is 0 Å². The van der Waals surface area contributed by atoms with Gasteiger partial charge in [-0.15, -0.1) is 0 Å². The molecule has 1 saturated carbocycles. The van der Waals surface area contributed by atoms with Crippen LogP contribution >= 0.6 is 0 Å². The molecule has 0 radical (unpaired) electrons. The minimum Gasteiger partial charge on any atom is -0.377 e. The summed E-state index contributed by atoms with van der Waals surface area (Å²) in [4.78, 5) is 20.1. The predicted octanol–water partition coefficient (Wildman–Crippen LogP) is 5.26. The summed E-state index contributed by atoms with van der Waals surface area (Å²) in [6.07, 6.45) is 5.11. The normalized spacial score (nSPS) is 17.8. The van der Waals surface area contributed by atoms with Crippen LogP contribution in [0.2, 0.25) is 0 Å². The zero-order chi connectivity index (χ0) is 28.0. The van der Waals surface area contributed by atoms with Gasteiger partial charge in [0.05, 0.1) is 10.4 Å². The smallest absolute Gasteiger partial charge is 0.251 e. The number of amides is 1. The van der Waals surface area contributed by atoms with Gasteiger partial charge in [-0.05, 0) is 68.9 Å². The Bertz CT molecular complexity index is 1360. The number of pyridine rings is 1. The van der Waals surface area contributed by atoms with Crippen LogP contribution in [0.25, 0.3) is 10.9 Å². The van der Waals surface area contributed by atoms with Crippen LogP contribution < -0.4 is 15.5 Å². The number of para-hydroxylation sites is 1. The van der Waals surface area contributed by atoms with Crippen LogP contribution in [-0.4, -0.2) is 62.9 Å². The number of sulfonamides is 1. The monoisotopic (exact) mass is 551 g/mol. The summed E-state index contributed by atoms with van der Waals surface area (Å²) in [7, 11) is 0.522. The molecule has 39 heavy (non-hydrogen) atoms. The van der Waals surface area contributed by atoms with E-state index in [1.165, 1.54) is 4.31 Å². The van der Waals surface area contributed by atoms with Gasteiger partial charge in [-0.2, -0.15) is 4.31 Å². The van der Waals surface area contributed by atoms with Gasteiger partial charge in [-0.25, -0.2) is 13.4 Å². The number of benzene rings is 2. The SMILES string of the molecule is CCCN(CCC)S(=O)(=O)c1ccc(C(=O)N[C@H]2CC[C@@H](Nc3cc(N(C)C)c4ccccc4n3)CC2)cc1. The minimum atomic E-state index is -3.56. The first-order valence-electron chi connectivity index (χ1n) is 14.0. The number of nitrogens with zero attached hydrogens (tertiary/aromatic N) is 3. The molecule has 3 aromatic rings. The van der Waals surface area contributed by atoms with E-state index in [9.17, 15) is 13.2 Å². The van der Waals surface area contributed by atoms with Crippen molar-refractivity contribution in [3.63, 3.8) is 0 Å². The zero-order valence-corrected chi connectivity index (χ0v) is 24.3. The number of carbonyl (C=O) groups excluding carboxylic acids is 1. The number of carbonyl (C=O) groups is 1. The van der Waals surface area contributed by atoms with Gasteiger partial charge in [0.15, 0.2) is 0 Å². The fraction of sp³-hybridized carbons (Fsp3) is 0.467. The van der Waals surface area contributed by atoms with Crippen molar-refractivity contribution in [3.05, 3.63) is 60.2 Å². The molecule has 1 fully saturated rings. The quantitative estimate of drug-likeness (QED) is 0.337. The second-order valence-electron chi connectivity index (χ2n) is 10.5. The van der Waals surface area contributed by atoms with E-state index in [0.717, 1.165) is 60.9 Å². The lowest BCUT2D eigenvalue weighted by Gasteiger charge is -2.30. The zero-order valence-electron chi connectivity index (χ0n) is 23.5. The second-order valence-corrected chi connectivity index (χ2v) is 12.5. The molecule has 1 aromatic heterocycles. The number of anilines is 2. The topological polar surface area (TPSA) is 94.6 Å². The number of aromatic nitrogens is 1. The third-order valence-corrected chi connectivity index (χ3v) is 9.20. The first-order chi connectivity index (χ1) is 18.7. The Kier molecular flexibility index (Phi) is 9.45. The van der Waals surface area contributed by atoms with E-state index < -0.39 is 10.0 Å². The standard InChI is InChI=1S/C30H41N5O3S/c1-5-19-35(20-6-2)39(37,38)25-17-11-22(12-18-25)30(36)32-24-15-13-23(14-16-24)31-29-21-28(34(3)4)26-9-7-8-10-27(26)33-29/h7-12,17-18,21,23-24H,5-6,13-16,19-20H2,1-4H3,(H,31,33)(H,32,36)/t23-,24+. The second kappa shape index (κ2) is 12.8. The van der Waals surface area contributed by atoms with Gasteiger partial charge >= 0.3 is 0 Å². The molecule has 1 aliphatic carbocycles. The number of hydrogen-bond acceptors (Lipinski definition) is 6. The molecule has 0 aliphatic heterocycles. The third-order valence-electron chi connectivity index (χ3n) is 7.29. The third kappa shape index (κ3) is 6.89. The maximum absolute atomic E-state index is 13.0. The highest BCUT2D eigenvalue weighted by molar-refractivity contribution is 7.89. The minimum absolute atomic E-state index is 0.0884. The molecule has 1 amide bonds. The van der Waals surface area contributed by atoms with E-state index in [1.807, 2.05) is 46.1 Å². The molecule has 1 aliphatic rings. The summed E-state index contributed by atoms with van der Waals surface area (Å²) in [5, 5.41) is 7.88. The Morgan fingerprint density at radius 3 is 2.15 bits per heavy atom. The largest absolute Gasteiger partial charge is 0.377 e. The van der Waals surface area contributed by atoms with Crippen LogP contribution in [0.3, 0.4) is 0 Å². The molecule has 8 nitrogen and oxygen atoms in total. The summed E-state index contributed by atoms with van der Waals surface area (Å²) in [6.45, 7) is 4.92. The average Bonchev–Trinajstić information content (AvgIpc) is 2.93.